The first kappa shape index (κ1) is 13.1. The van der Waals surface area contributed by atoms with E-state index >= 15 is 0 Å². The topological polar surface area (TPSA) is 32.3 Å². The van der Waals surface area contributed by atoms with Crippen LogP contribution in [0.25, 0.3) is 0 Å². The van der Waals surface area contributed by atoms with Crippen LogP contribution in [0.3, 0.4) is 0 Å². The van der Waals surface area contributed by atoms with Gasteiger partial charge in [0.15, 0.2) is 0 Å². The Balaban J connectivity index is 2.15. The van der Waals surface area contributed by atoms with Crippen LogP contribution < -0.4 is 10.2 Å². The molecule has 0 aliphatic carbocycles. The van der Waals surface area contributed by atoms with Crippen molar-refractivity contribution in [1.82, 2.24) is 0 Å². The van der Waals surface area contributed by atoms with Crippen molar-refractivity contribution < 1.29 is 4.79 Å². The minimum atomic E-state index is -0.0604. The van der Waals surface area contributed by atoms with E-state index in [1.165, 1.54) is 0 Å². The van der Waals surface area contributed by atoms with Crippen molar-refractivity contribution in [3.05, 3.63) is 53.6 Å². The molecule has 100 valence electrons. The minimum Gasteiger partial charge on any atom is -0.348 e. The molecule has 2 aromatic rings. The number of benzene rings is 2. The summed E-state index contributed by atoms with van der Waals surface area (Å²) < 4.78 is 0. The molecule has 0 aromatic heterocycles. The van der Waals surface area contributed by atoms with Gasteiger partial charge in [-0.2, -0.15) is 0 Å². The highest BCUT2D eigenvalue weighted by atomic mass is 35.5. The van der Waals surface area contributed by atoms with E-state index in [1.54, 1.807) is 17.0 Å². The van der Waals surface area contributed by atoms with E-state index in [1.807, 2.05) is 36.4 Å². The maximum Gasteiger partial charge on any atom is 0.238 e. The number of rotatable bonds is 1. The van der Waals surface area contributed by atoms with Gasteiger partial charge in [-0.05, 0) is 36.4 Å². The number of amides is 1. The second-order valence-electron chi connectivity index (χ2n) is 4.45. The molecular weight excluding hydrogens is 292 g/mol. The third-order valence-corrected chi connectivity index (χ3v) is 3.56. The first-order chi connectivity index (χ1) is 9.65. The molecule has 0 unspecified atom stereocenters. The Hall–Kier alpha value is -1.91. The Kier molecular flexibility index (Phi) is 3.42. The summed E-state index contributed by atoms with van der Waals surface area (Å²) in [4.78, 5) is 14.6. The van der Waals surface area contributed by atoms with Gasteiger partial charge in [-0.1, -0.05) is 36.0 Å². The predicted octanol–water partition coefficient (Wildman–Crippen LogP) is 4.15. The number of fused-ring (bicyclic) bond motifs is 1. The van der Waals surface area contributed by atoms with Crippen LogP contribution in [-0.4, -0.2) is 10.9 Å². The van der Waals surface area contributed by atoms with Gasteiger partial charge in [-0.15, -0.1) is 0 Å². The molecule has 0 radical (unpaired) electrons. The minimum absolute atomic E-state index is 0.0604. The molecule has 3 rings (SSSR count). The second-order valence-corrected chi connectivity index (χ2v) is 5.38. The third kappa shape index (κ3) is 2.40. The van der Waals surface area contributed by atoms with E-state index in [-0.39, 0.29) is 12.3 Å². The highest BCUT2D eigenvalue weighted by Gasteiger charge is 2.25. The van der Waals surface area contributed by atoms with Crippen molar-refractivity contribution in [3.8, 4) is 0 Å². The number of anilines is 3. The van der Waals surface area contributed by atoms with E-state index in [9.17, 15) is 4.79 Å². The van der Waals surface area contributed by atoms with Crippen molar-refractivity contribution in [2.75, 3.05) is 10.2 Å². The molecule has 20 heavy (non-hydrogen) atoms. The summed E-state index contributed by atoms with van der Waals surface area (Å²) in [7, 11) is 0. The molecule has 1 aliphatic heterocycles. The Morgan fingerprint density at radius 1 is 1.10 bits per heavy atom. The summed E-state index contributed by atoms with van der Waals surface area (Å²) >= 11 is 11.1. The van der Waals surface area contributed by atoms with Crippen LogP contribution >= 0.6 is 23.8 Å². The summed E-state index contributed by atoms with van der Waals surface area (Å²) in [6.45, 7) is 0. The normalized spacial score (nSPS) is 14.6. The number of nitrogens with zero attached hydrogens (tertiary/aromatic N) is 1. The fourth-order valence-corrected chi connectivity index (χ4v) is 2.55. The molecule has 0 saturated carbocycles. The number of para-hydroxylation sites is 2. The molecule has 2 aromatic carbocycles. The van der Waals surface area contributed by atoms with Crippen LogP contribution in [0.15, 0.2) is 48.5 Å². The van der Waals surface area contributed by atoms with Crippen LogP contribution in [-0.2, 0) is 4.79 Å². The van der Waals surface area contributed by atoms with E-state index < -0.39 is 0 Å². The zero-order chi connectivity index (χ0) is 14.1. The van der Waals surface area contributed by atoms with Gasteiger partial charge >= 0.3 is 0 Å². The molecule has 1 N–H and O–H groups in total. The number of halogens is 1. The summed E-state index contributed by atoms with van der Waals surface area (Å²) in [5.74, 6) is -0.0604. The van der Waals surface area contributed by atoms with Crippen molar-refractivity contribution in [3.63, 3.8) is 0 Å². The van der Waals surface area contributed by atoms with Crippen molar-refractivity contribution in [2.45, 2.75) is 6.42 Å². The Bertz CT molecular complexity index is 685. The van der Waals surface area contributed by atoms with E-state index in [0.717, 1.165) is 17.1 Å². The molecule has 0 bridgehead atoms. The number of hydrogen-bond donors (Lipinski definition) is 1. The molecule has 0 saturated heterocycles. The van der Waals surface area contributed by atoms with Crippen LogP contribution in [0.1, 0.15) is 6.42 Å². The number of hydrogen-bond acceptors (Lipinski definition) is 2. The Morgan fingerprint density at radius 3 is 2.55 bits per heavy atom. The molecule has 0 fully saturated rings. The first-order valence-corrected chi connectivity index (χ1v) is 6.91. The van der Waals surface area contributed by atoms with Crippen LogP contribution in [0.5, 0.6) is 0 Å². The number of thiocarbonyl (C=S) groups is 1. The lowest BCUT2D eigenvalue weighted by Gasteiger charge is -2.22. The van der Waals surface area contributed by atoms with Crippen LogP contribution in [0, 0.1) is 0 Å². The smallest absolute Gasteiger partial charge is 0.238 e. The Labute approximate surface area is 127 Å². The zero-order valence-corrected chi connectivity index (χ0v) is 12.0. The lowest BCUT2D eigenvalue weighted by atomic mass is 10.2. The van der Waals surface area contributed by atoms with Gasteiger partial charge in [0.1, 0.15) is 0 Å². The summed E-state index contributed by atoms with van der Waals surface area (Å²) in [6.07, 6.45) is 0.187. The number of carbonyl (C=O) groups excluding carboxylic acids is 1. The second kappa shape index (κ2) is 5.23. The van der Waals surface area contributed by atoms with Crippen molar-refractivity contribution in [2.24, 2.45) is 0 Å². The number of nitrogens with one attached hydrogen (secondary N) is 1. The molecule has 1 amide bonds. The lowest BCUT2D eigenvalue weighted by Crippen LogP contribution is -2.25. The van der Waals surface area contributed by atoms with Crippen LogP contribution in [0.2, 0.25) is 5.02 Å². The molecule has 3 nitrogen and oxygen atoms in total. The highest BCUT2D eigenvalue weighted by Crippen LogP contribution is 2.35. The zero-order valence-electron chi connectivity index (χ0n) is 10.5. The average Bonchev–Trinajstić information content (AvgIpc) is 2.55. The summed E-state index contributed by atoms with van der Waals surface area (Å²) in [5, 5.41) is 3.74. The third-order valence-electron chi connectivity index (χ3n) is 3.07. The fraction of sp³-hybridized carbons (Fsp3) is 0.0667. The molecule has 5 heteroatoms. The largest absolute Gasteiger partial charge is 0.348 e. The lowest BCUT2D eigenvalue weighted by molar-refractivity contribution is -0.116. The molecule has 1 aliphatic rings. The highest BCUT2D eigenvalue weighted by molar-refractivity contribution is 7.80. The van der Waals surface area contributed by atoms with E-state index in [2.05, 4.69) is 5.32 Å². The van der Waals surface area contributed by atoms with Gasteiger partial charge in [0.25, 0.3) is 0 Å². The van der Waals surface area contributed by atoms with Gasteiger partial charge in [-0.3, -0.25) is 9.69 Å². The van der Waals surface area contributed by atoms with Crippen molar-refractivity contribution in [1.29, 1.82) is 0 Å². The standard InChI is InChI=1S/C15H11ClN2OS/c16-10-5-7-11(8-6-10)18-13-4-2-1-3-12(13)17-14(20)9-15(18)19/h1-8H,9H2,(H,17,20). The van der Waals surface area contributed by atoms with Gasteiger partial charge in [0.05, 0.1) is 22.8 Å². The molecule has 0 atom stereocenters. The van der Waals surface area contributed by atoms with E-state index in [4.69, 9.17) is 23.8 Å². The van der Waals surface area contributed by atoms with Gasteiger partial charge in [0.2, 0.25) is 5.91 Å². The fourth-order valence-electron chi connectivity index (χ4n) is 2.19. The molecule has 1 heterocycles. The summed E-state index contributed by atoms with van der Waals surface area (Å²) in [5.41, 5.74) is 2.40. The Morgan fingerprint density at radius 2 is 1.80 bits per heavy atom. The van der Waals surface area contributed by atoms with Gasteiger partial charge in [0, 0.05) is 10.7 Å². The van der Waals surface area contributed by atoms with Crippen LogP contribution in [0.4, 0.5) is 17.1 Å². The maximum atomic E-state index is 12.4. The first-order valence-electron chi connectivity index (χ1n) is 6.12. The van der Waals surface area contributed by atoms with Crippen molar-refractivity contribution >= 4 is 51.8 Å². The van der Waals surface area contributed by atoms with E-state index in [0.29, 0.717) is 10.0 Å². The van der Waals surface area contributed by atoms with Gasteiger partial charge < -0.3 is 5.32 Å². The average molecular weight is 303 g/mol. The monoisotopic (exact) mass is 302 g/mol. The predicted molar refractivity (Wildman–Crippen MR) is 85.9 cm³/mol. The maximum absolute atomic E-state index is 12.4. The summed E-state index contributed by atoms with van der Waals surface area (Å²) in [6, 6.07) is 14.8. The molecular formula is C15H11ClN2OS. The quantitative estimate of drug-likeness (QED) is 0.803. The SMILES string of the molecule is O=C1CC(=S)Nc2ccccc2N1c1ccc(Cl)cc1. The number of carbonyl (C=O) groups is 1. The van der Waals surface area contributed by atoms with Gasteiger partial charge in [-0.25, -0.2) is 0 Å². The molecule has 0 spiro atoms.